The molecule has 0 bridgehead atoms. The van der Waals surface area contributed by atoms with Gasteiger partial charge in [-0.25, -0.2) is 4.98 Å². The van der Waals surface area contributed by atoms with Crippen molar-refractivity contribution in [3.8, 4) is 0 Å². The molecule has 21 heavy (non-hydrogen) atoms. The molecule has 104 valence electrons. The van der Waals surface area contributed by atoms with Gasteiger partial charge in [-0.2, -0.15) is 0 Å². The molecule has 0 radical (unpaired) electrons. The van der Waals surface area contributed by atoms with Crippen LogP contribution in [0.2, 0.25) is 0 Å². The van der Waals surface area contributed by atoms with E-state index in [0.717, 1.165) is 16.3 Å². The largest absolute Gasteiger partial charge is 0.331 e. The van der Waals surface area contributed by atoms with Crippen LogP contribution < -0.4 is 5.32 Å². The zero-order valence-corrected chi connectivity index (χ0v) is 13.4. The third kappa shape index (κ3) is 2.20. The second-order valence-electron chi connectivity index (χ2n) is 5.20. The molecule has 0 amide bonds. The Balaban J connectivity index is 1.79. The van der Waals surface area contributed by atoms with Gasteiger partial charge < -0.3 is 5.32 Å². The van der Waals surface area contributed by atoms with Gasteiger partial charge in [0.1, 0.15) is 9.53 Å². The number of nitrogens with zero attached hydrogens (tertiary/aromatic N) is 1. The molecule has 4 aromatic rings. The lowest BCUT2D eigenvalue weighted by Gasteiger charge is -2.05. The Morgan fingerprint density at radius 3 is 2.71 bits per heavy atom. The van der Waals surface area contributed by atoms with E-state index in [4.69, 9.17) is 4.98 Å². The van der Waals surface area contributed by atoms with Gasteiger partial charge in [-0.15, -0.1) is 11.3 Å². The third-order valence-corrected chi connectivity index (χ3v) is 5.78. The first kappa shape index (κ1) is 12.8. The van der Waals surface area contributed by atoms with Crippen molar-refractivity contribution >= 4 is 53.1 Å². The number of anilines is 2. The van der Waals surface area contributed by atoms with Gasteiger partial charge in [-0.05, 0) is 37.1 Å². The highest BCUT2D eigenvalue weighted by atomic mass is 32.2. The highest BCUT2D eigenvalue weighted by molar-refractivity contribution is 7.42. The quantitative estimate of drug-likeness (QED) is 0.500. The summed E-state index contributed by atoms with van der Waals surface area (Å²) < 4.78 is 2.61. The maximum atomic E-state index is 4.78. The van der Waals surface area contributed by atoms with E-state index in [1.807, 2.05) is 17.4 Å². The lowest BCUT2D eigenvalue weighted by Crippen LogP contribution is -1.91. The van der Waals surface area contributed by atoms with Crippen molar-refractivity contribution in [2.45, 2.75) is 13.8 Å². The summed E-state index contributed by atoms with van der Waals surface area (Å²) in [6, 6.07) is 14.9. The van der Waals surface area contributed by atoms with Gasteiger partial charge in [0.05, 0.1) is 0 Å². The predicted molar refractivity (Wildman–Crippen MR) is 94.2 cm³/mol. The predicted octanol–water partition coefficient (Wildman–Crippen LogP) is 5.87. The number of hydrogen-bond donors (Lipinski definition) is 1. The molecule has 4 heteroatoms. The Labute approximate surface area is 131 Å². The first-order chi connectivity index (χ1) is 10.2. The summed E-state index contributed by atoms with van der Waals surface area (Å²) in [6.07, 6.45) is 0. The van der Waals surface area contributed by atoms with Crippen LogP contribution in [0.3, 0.4) is 0 Å². The fourth-order valence-electron chi connectivity index (χ4n) is 2.44. The summed E-state index contributed by atoms with van der Waals surface area (Å²) in [4.78, 5) is 4.78. The second kappa shape index (κ2) is 4.83. The minimum absolute atomic E-state index is 0.966. The summed E-state index contributed by atoms with van der Waals surface area (Å²) in [5.41, 5.74) is 4.78. The van der Waals surface area contributed by atoms with Crippen LogP contribution in [0.5, 0.6) is 0 Å². The lowest BCUT2D eigenvalue weighted by molar-refractivity contribution is 1.40. The SMILES string of the molecule is Cc1ccc2c(c1)sc1sc(Nc3ccccc3C)nc12. The Hall–Kier alpha value is -1.91. The van der Waals surface area contributed by atoms with E-state index in [1.54, 1.807) is 11.3 Å². The Bertz CT molecular complexity index is 950. The molecule has 2 nitrogen and oxygen atoms in total. The number of para-hydroxylation sites is 1. The zero-order chi connectivity index (χ0) is 14.4. The van der Waals surface area contributed by atoms with Gasteiger partial charge in [0.2, 0.25) is 0 Å². The Kier molecular flexibility index (Phi) is 2.94. The lowest BCUT2D eigenvalue weighted by atomic mass is 10.2. The van der Waals surface area contributed by atoms with Crippen molar-refractivity contribution in [1.82, 2.24) is 4.98 Å². The fraction of sp³-hybridized carbons (Fsp3) is 0.118. The van der Waals surface area contributed by atoms with Crippen LogP contribution in [-0.2, 0) is 0 Å². The molecule has 0 saturated heterocycles. The molecule has 0 fully saturated rings. The summed E-state index contributed by atoms with van der Waals surface area (Å²) in [5.74, 6) is 0. The average Bonchev–Trinajstić information content (AvgIpc) is 2.97. The van der Waals surface area contributed by atoms with E-state index >= 15 is 0 Å². The van der Waals surface area contributed by atoms with Crippen molar-refractivity contribution in [2.24, 2.45) is 0 Å². The number of fused-ring (bicyclic) bond motifs is 3. The van der Waals surface area contributed by atoms with Gasteiger partial charge in [0.15, 0.2) is 5.13 Å². The molecule has 0 aliphatic heterocycles. The summed E-state index contributed by atoms with van der Waals surface area (Å²) in [5, 5.41) is 5.66. The van der Waals surface area contributed by atoms with Crippen LogP contribution in [0, 0.1) is 13.8 Å². The molecule has 0 unspecified atom stereocenters. The summed E-state index contributed by atoms with van der Waals surface area (Å²) >= 11 is 3.56. The molecule has 2 aromatic heterocycles. The smallest absolute Gasteiger partial charge is 0.189 e. The monoisotopic (exact) mass is 310 g/mol. The van der Waals surface area contributed by atoms with Crippen LogP contribution in [0.25, 0.3) is 19.6 Å². The van der Waals surface area contributed by atoms with Gasteiger partial charge in [0.25, 0.3) is 0 Å². The van der Waals surface area contributed by atoms with E-state index < -0.39 is 0 Å². The van der Waals surface area contributed by atoms with E-state index in [2.05, 4.69) is 55.6 Å². The number of thiazole rings is 1. The van der Waals surface area contributed by atoms with Crippen LogP contribution in [-0.4, -0.2) is 4.98 Å². The maximum absolute atomic E-state index is 4.78. The minimum Gasteiger partial charge on any atom is -0.331 e. The number of hydrogen-bond acceptors (Lipinski definition) is 4. The summed E-state index contributed by atoms with van der Waals surface area (Å²) in [6.45, 7) is 4.24. The molecule has 0 spiro atoms. The molecule has 2 heterocycles. The Morgan fingerprint density at radius 2 is 1.86 bits per heavy atom. The van der Waals surface area contributed by atoms with Crippen molar-refractivity contribution in [3.05, 3.63) is 53.6 Å². The zero-order valence-electron chi connectivity index (χ0n) is 11.8. The first-order valence-corrected chi connectivity index (χ1v) is 8.46. The normalized spacial score (nSPS) is 11.3. The van der Waals surface area contributed by atoms with E-state index in [-0.39, 0.29) is 0 Å². The van der Waals surface area contributed by atoms with Crippen molar-refractivity contribution in [2.75, 3.05) is 5.32 Å². The molecule has 0 aliphatic rings. The number of aromatic nitrogens is 1. The van der Waals surface area contributed by atoms with Gasteiger partial charge in [-0.1, -0.05) is 41.7 Å². The first-order valence-electron chi connectivity index (χ1n) is 6.83. The summed E-state index contributed by atoms with van der Waals surface area (Å²) in [7, 11) is 0. The van der Waals surface area contributed by atoms with Gasteiger partial charge in [-0.3, -0.25) is 0 Å². The molecule has 0 atom stereocenters. The topological polar surface area (TPSA) is 24.9 Å². The molecular weight excluding hydrogens is 296 g/mol. The number of thiophene rings is 1. The number of benzene rings is 2. The van der Waals surface area contributed by atoms with Crippen LogP contribution in [0.15, 0.2) is 42.5 Å². The van der Waals surface area contributed by atoms with Crippen LogP contribution >= 0.6 is 22.7 Å². The molecule has 2 aromatic carbocycles. The van der Waals surface area contributed by atoms with Crippen molar-refractivity contribution < 1.29 is 0 Å². The van der Waals surface area contributed by atoms with Crippen molar-refractivity contribution in [3.63, 3.8) is 0 Å². The average molecular weight is 310 g/mol. The molecule has 4 rings (SSSR count). The van der Waals surface area contributed by atoms with Crippen LogP contribution in [0.1, 0.15) is 11.1 Å². The van der Waals surface area contributed by atoms with Gasteiger partial charge >= 0.3 is 0 Å². The van der Waals surface area contributed by atoms with Gasteiger partial charge in [0, 0.05) is 15.8 Å². The number of rotatable bonds is 2. The second-order valence-corrected chi connectivity index (χ2v) is 7.51. The van der Waals surface area contributed by atoms with E-state index in [0.29, 0.717) is 0 Å². The third-order valence-electron chi connectivity index (χ3n) is 3.58. The molecule has 1 N–H and O–H groups in total. The maximum Gasteiger partial charge on any atom is 0.189 e. The molecule has 0 aliphatic carbocycles. The Morgan fingerprint density at radius 1 is 1.00 bits per heavy atom. The van der Waals surface area contributed by atoms with E-state index in [1.165, 1.54) is 25.2 Å². The number of nitrogens with one attached hydrogen (secondary N) is 1. The van der Waals surface area contributed by atoms with Crippen molar-refractivity contribution in [1.29, 1.82) is 0 Å². The minimum atomic E-state index is 0.966. The number of aryl methyl sites for hydroxylation is 2. The van der Waals surface area contributed by atoms with Crippen LogP contribution in [0.4, 0.5) is 10.8 Å². The fourth-order valence-corrected chi connectivity index (χ4v) is 4.81. The van der Waals surface area contributed by atoms with E-state index in [9.17, 15) is 0 Å². The molecule has 0 saturated carbocycles. The highest BCUT2D eigenvalue weighted by Gasteiger charge is 2.11. The standard InChI is InChI=1S/C17H14N2S2/c1-10-7-8-12-14(9-10)20-16-15(12)19-17(21-16)18-13-6-4-3-5-11(13)2/h3-9H,1-2H3,(H,18,19). The molecular formula is C17H14N2S2. The highest BCUT2D eigenvalue weighted by Crippen LogP contribution is 2.40.